The number of ether oxygens (including phenoxy) is 2. The fraction of sp³-hybridized carbons (Fsp3) is 0.458. The molecule has 9 heteroatoms. The van der Waals surface area contributed by atoms with Crippen molar-refractivity contribution in [3.8, 4) is 11.5 Å². The van der Waals surface area contributed by atoms with Gasteiger partial charge in [0.15, 0.2) is 11.5 Å². The van der Waals surface area contributed by atoms with E-state index in [-0.39, 0.29) is 23.4 Å². The van der Waals surface area contributed by atoms with E-state index in [1.807, 2.05) is 12.1 Å². The molecule has 8 nitrogen and oxygen atoms in total. The Morgan fingerprint density at radius 1 is 1.03 bits per heavy atom. The Balaban J connectivity index is 1.40. The molecule has 0 aliphatic carbocycles. The highest BCUT2D eigenvalue weighted by molar-refractivity contribution is 7.89. The summed E-state index contributed by atoms with van der Waals surface area (Å²) in [4.78, 5) is 15.1. The molecule has 33 heavy (non-hydrogen) atoms. The molecule has 2 heterocycles. The second kappa shape index (κ2) is 9.70. The summed E-state index contributed by atoms with van der Waals surface area (Å²) in [6.45, 7) is 4.20. The van der Waals surface area contributed by atoms with Gasteiger partial charge in [0.05, 0.1) is 25.7 Å². The number of methoxy groups -OCH3 is 2. The lowest BCUT2D eigenvalue weighted by atomic mass is 9.93. The van der Waals surface area contributed by atoms with Crippen LogP contribution >= 0.6 is 0 Å². The molecule has 0 bridgehead atoms. The molecular formula is C24H31N3O5S. The Morgan fingerprint density at radius 2 is 1.67 bits per heavy atom. The quantitative estimate of drug-likeness (QED) is 0.665. The van der Waals surface area contributed by atoms with Crippen LogP contribution in [-0.2, 0) is 21.2 Å². The first-order valence-corrected chi connectivity index (χ1v) is 12.7. The number of nitrogens with one attached hydrogen (secondary N) is 1. The van der Waals surface area contributed by atoms with Crippen LogP contribution in [0.1, 0.15) is 36.9 Å². The minimum absolute atomic E-state index is 0.0484. The number of hydrogen-bond acceptors (Lipinski definition) is 6. The minimum Gasteiger partial charge on any atom is -0.493 e. The third-order valence-electron chi connectivity index (χ3n) is 6.50. The summed E-state index contributed by atoms with van der Waals surface area (Å²) < 4.78 is 37.7. The first-order chi connectivity index (χ1) is 15.8. The number of amides is 1. The van der Waals surface area contributed by atoms with Crippen molar-refractivity contribution in [1.29, 1.82) is 0 Å². The van der Waals surface area contributed by atoms with Crippen LogP contribution in [-0.4, -0.2) is 63.9 Å². The van der Waals surface area contributed by atoms with Crippen molar-refractivity contribution in [2.45, 2.75) is 37.1 Å². The SMILES string of the molecule is COc1cc2c(cc1OC)[C@@H](C)N(CC(=O)Nc1ccc(S(=O)(=O)N3CCCC3)cc1)CC2. The van der Waals surface area contributed by atoms with Gasteiger partial charge in [0.25, 0.3) is 0 Å². The maximum absolute atomic E-state index is 12.7. The molecule has 0 unspecified atom stereocenters. The predicted molar refractivity (Wildman–Crippen MR) is 126 cm³/mol. The highest BCUT2D eigenvalue weighted by Gasteiger charge is 2.28. The van der Waals surface area contributed by atoms with Crippen molar-refractivity contribution in [2.24, 2.45) is 0 Å². The minimum atomic E-state index is -3.46. The van der Waals surface area contributed by atoms with E-state index in [9.17, 15) is 13.2 Å². The van der Waals surface area contributed by atoms with Crippen molar-refractivity contribution in [3.63, 3.8) is 0 Å². The summed E-state index contributed by atoms with van der Waals surface area (Å²) in [7, 11) is -0.218. The number of carbonyl (C=O) groups is 1. The predicted octanol–water partition coefficient (Wildman–Crippen LogP) is 3.05. The molecule has 0 saturated carbocycles. The molecule has 1 N–H and O–H groups in total. The van der Waals surface area contributed by atoms with Gasteiger partial charge in [0.2, 0.25) is 15.9 Å². The second-order valence-electron chi connectivity index (χ2n) is 8.49. The lowest BCUT2D eigenvalue weighted by molar-refractivity contribution is -0.117. The monoisotopic (exact) mass is 473 g/mol. The largest absolute Gasteiger partial charge is 0.493 e. The van der Waals surface area contributed by atoms with Gasteiger partial charge in [-0.2, -0.15) is 4.31 Å². The summed E-state index contributed by atoms with van der Waals surface area (Å²) in [5, 5.41) is 2.89. The van der Waals surface area contributed by atoms with Crippen LogP contribution in [0, 0.1) is 0 Å². The van der Waals surface area contributed by atoms with E-state index in [1.54, 1.807) is 38.5 Å². The number of nitrogens with zero attached hydrogens (tertiary/aromatic N) is 2. The molecule has 1 atom stereocenters. The Morgan fingerprint density at radius 3 is 2.30 bits per heavy atom. The number of hydrogen-bond donors (Lipinski definition) is 1. The zero-order chi connectivity index (χ0) is 23.6. The summed E-state index contributed by atoms with van der Waals surface area (Å²) >= 11 is 0. The van der Waals surface area contributed by atoms with Crippen molar-refractivity contribution >= 4 is 21.6 Å². The first-order valence-electron chi connectivity index (χ1n) is 11.2. The zero-order valence-electron chi connectivity index (χ0n) is 19.3. The van der Waals surface area contributed by atoms with Gasteiger partial charge in [-0.25, -0.2) is 8.42 Å². The van der Waals surface area contributed by atoms with Crippen LogP contribution in [0.5, 0.6) is 11.5 Å². The van der Waals surface area contributed by atoms with E-state index in [4.69, 9.17) is 9.47 Å². The molecule has 1 amide bonds. The van der Waals surface area contributed by atoms with Crippen LogP contribution in [0.15, 0.2) is 41.3 Å². The third kappa shape index (κ3) is 4.85. The summed E-state index contributed by atoms with van der Waals surface area (Å²) in [6, 6.07) is 10.5. The molecule has 2 aliphatic rings. The molecular weight excluding hydrogens is 442 g/mol. The summed E-state index contributed by atoms with van der Waals surface area (Å²) in [6.07, 6.45) is 2.61. The fourth-order valence-electron chi connectivity index (χ4n) is 4.59. The van der Waals surface area contributed by atoms with Crippen LogP contribution in [0.4, 0.5) is 5.69 Å². The Hall–Kier alpha value is -2.62. The first kappa shape index (κ1) is 23.5. The normalized spacial score (nSPS) is 19.2. The van der Waals surface area contributed by atoms with Crippen LogP contribution < -0.4 is 14.8 Å². The molecule has 1 fully saturated rings. The van der Waals surface area contributed by atoms with Crippen LogP contribution in [0.3, 0.4) is 0 Å². The molecule has 2 aromatic rings. The van der Waals surface area contributed by atoms with Crippen LogP contribution in [0.2, 0.25) is 0 Å². The smallest absolute Gasteiger partial charge is 0.243 e. The maximum atomic E-state index is 12.7. The molecule has 178 valence electrons. The highest BCUT2D eigenvalue weighted by Crippen LogP contribution is 2.37. The van der Waals surface area contributed by atoms with E-state index >= 15 is 0 Å². The zero-order valence-corrected chi connectivity index (χ0v) is 20.2. The second-order valence-corrected chi connectivity index (χ2v) is 10.4. The van der Waals surface area contributed by atoms with Gasteiger partial charge >= 0.3 is 0 Å². The van der Waals surface area contributed by atoms with E-state index in [0.29, 0.717) is 30.3 Å². The maximum Gasteiger partial charge on any atom is 0.243 e. The van der Waals surface area contributed by atoms with E-state index in [1.165, 1.54) is 9.87 Å². The number of carbonyl (C=O) groups excluding carboxylic acids is 1. The van der Waals surface area contributed by atoms with E-state index in [2.05, 4.69) is 17.1 Å². The van der Waals surface area contributed by atoms with Gasteiger partial charge in [-0.3, -0.25) is 9.69 Å². The molecule has 2 aliphatic heterocycles. The number of rotatable bonds is 7. The summed E-state index contributed by atoms with van der Waals surface area (Å²) in [5.74, 6) is 1.25. The van der Waals surface area contributed by atoms with Gasteiger partial charge < -0.3 is 14.8 Å². The highest BCUT2D eigenvalue weighted by atomic mass is 32.2. The molecule has 1 saturated heterocycles. The lowest BCUT2D eigenvalue weighted by Gasteiger charge is -2.35. The molecule has 4 rings (SSSR count). The van der Waals surface area contributed by atoms with E-state index < -0.39 is 10.0 Å². The number of fused-ring (bicyclic) bond motifs is 1. The standard InChI is InChI=1S/C24H31N3O5S/c1-17-21-15-23(32-3)22(31-2)14-18(21)10-13-26(17)16-24(28)25-19-6-8-20(9-7-19)33(29,30)27-11-4-5-12-27/h6-9,14-15,17H,4-5,10-13,16H2,1-3H3,(H,25,28)/t17-/m1/s1. The van der Waals surface area contributed by atoms with E-state index in [0.717, 1.165) is 31.4 Å². The molecule has 0 spiro atoms. The van der Waals surface area contributed by atoms with Gasteiger partial charge in [-0.15, -0.1) is 0 Å². The third-order valence-corrected chi connectivity index (χ3v) is 8.41. The Labute approximate surface area is 195 Å². The van der Waals surface area contributed by atoms with Gasteiger partial charge in [-0.1, -0.05) is 0 Å². The van der Waals surface area contributed by atoms with Crippen molar-refractivity contribution in [1.82, 2.24) is 9.21 Å². The molecule has 2 aromatic carbocycles. The lowest BCUT2D eigenvalue weighted by Crippen LogP contribution is -2.39. The van der Waals surface area contributed by atoms with Crippen molar-refractivity contribution in [2.75, 3.05) is 45.7 Å². The number of anilines is 1. The number of benzene rings is 2. The van der Waals surface area contributed by atoms with Crippen molar-refractivity contribution in [3.05, 3.63) is 47.5 Å². The molecule has 0 aromatic heterocycles. The fourth-order valence-corrected chi connectivity index (χ4v) is 6.10. The van der Waals surface area contributed by atoms with Gasteiger partial charge in [-0.05, 0) is 73.7 Å². The summed E-state index contributed by atoms with van der Waals surface area (Å²) in [5.41, 5.74) is 2.91. The Bertz CT molecular complexity index is 1110. The van der Waals surface area contributed by atoms with Crippen molar-refractivity contribution < 1.29 is 22.7 Å². The Kier molecular flexibility index (Phi) is 6.92. The van der Waals surface area contributed by atoms with Gasteiger partial charge in [0.1, 0.15) is 0 Å². The number of sulfonamides is 1. The average Bonchev–Trinajstić information content (AvgIpc) is 3.36. The molecule has 0 radical (unpaired) electrons. The van der Waals surface area contributed by atoms with Gasteiger partial charge in [0, 0.05) is 31.4 Å². The average molecular weight is 474 g/mol. The van der Waals surface area contributed by atoms with Crippen LogP contribution in [0.25, 0.3) is 0 Å². The topological polar surface area (TPSA) is 88.2 Å².